The second kappa shape index (κ2) is 7.38. The van der Waals surface area contributed by atoms with Crippen LogP contribution in [0, 0.1) is 11.7 Å². The van der Waals surface area contributed by atoms with Gasteiger partial charge < -0.3 is 16.2 Å². The van der Waals surface area contributed by atoms with Gasteiger partial charge in [-0.2, -0.15) is 0 Å². The number of phenolic OH excluding ortho intramolecular Hbond substituents is 1. The summed E-state index contributed by atoms with van der Waals surface area (Å²) in [6.07, 6.45) is 1.76. The van der Waals surface area contributed by atoms with Crippen molar-refractivity contribution in [1.29, 1.82) is 0 Å². The Morgan fingerprint density at radius 1 is 1.52 bits per heavy atom. The standard InChI is InChI=1S/C15H22FN3O2/c16-13-3-4-14(20)12(8-13)10-19-7-1-2-11(9-19)15(21)18-6-5-17/h3-4,8,11,20H,1-2,5-7,9-10,17H2,(H,18,21). The first-order valence-electron chi connectivity index (χ1n) is 7.27. The fraction of sp³-hybridized carbons (Fsp3) is 0.533. The van der Waals surface area contributed by atoms with Crippen molar-refractivity contribution in [3.8, 4) is 5.75 Å². The number of phenols is 1. The summed E-state index contributed by atoms with van der Waals surface area (Å²) in [5.41, 5.74) is 5.93. The molecule has 1 fully saturated rings. The Morgan fingerprint density at radius 2 is 2.33 bits per heavy atom. The minimum atomic E-state index is -0.364. The van der Waals surface area contributed by atoms with E-state index in [2.05, 4.69) is 10.2 Å². The van der Waals surface area contributed by atoms with Crippen molar-refractivity contribution in [2.24, 2.45) is 11.7 Å². The van der Waals surface area contributed by atoms with E-state index in [-0.39, 0.29) is 23.4 Å². The molecule has 1 aliphatic heterocycles. The zero-order valence-corrected chi connectivity index (χ0v) is 12.0. The molecule has 1 heterocycles. The summed E-state index contributed by atoms with van der Waals surface area (Å²) in [6, 6.07) is 3.94. The highest BCUT2D eigenvalue weighted by Crippen LogP contribution is 2.23. The van der Waals surface area contributed by atoms with Crippen LogP contribution < -0.4 is 11.1 Å². The molecule has 6 heteroatoms. The van der Waals surface area contributed by atoms with Crippen molar-refractivity contribution >= 4 is 5.91 Å². The molecule has 0 aromatic heterocycles. The van der Waals surface area contributed by atoms with Crippen molar-refractivity contribution < 1.29 is 14.3 Å². The van der Waals surface area contributed by atoms with Gasteiger partial charge in [-0.1, -0.05) is 0 Å². The molecule has 1 unspecified atom stereocenters. The molecular weight excluding hydrogens is 273 g/mol. The topological polar surface area (TPSA) is 78.6 Å². The average molecular weight is 295 g/mol. The fourth-order valence-corrected chi connectivity index (χ4v) is 2.67. The van der Waals surface area contributed by atoms with Gasteiger partial charge in [-0.25, -0.2) is 4.39 Å². The van der Waals surface area contributed by atoms with Crippen LogP contribution in [-0.4, -0.2) is 42.1 Å². The molecule has 5 nitrogen and oxygen atoms in total. The Labute approximate surface area is 123 Å². The number of nitrogens with two attached hydrogens (primary N) is 1. The van der Waals surface area contributed by atoms with Gasteiger partial charge in [-0.15, -0.1) is 0 Å². The SMILES string of the molecule is NCCNC(=O)C1CCCN(Cc2cc(F)ccc2O)C1. The van der Waals surface area contributed by atoms with E-state index in [0.717, 1.165) is 19.4 Å². The van der Waals surface area contributed by atoms with Gasteiger partial charge in [0.15, 0.2) is 0 Å². The minimum absolute atomic E-state index is 0.0219. The number of rotatable bonds is 5. The van der Waals surface area contributed by atoms with E-state index >= 15 is 0 Å². The van der Waals surface area contributed by atoms with E-state index in [4.69, 9.17) is 5.73 Å². The zero-order valence-electron chi connectivity index (χ0n) is 12.0. The number of hydrogen-bond donors (Lipinski definition) is 3. The van der Waals surface area contributed by atoms with Gasteiger partial charge >= 0.3 is 0 Å². The summed E-state index contributed by atoms with van der Waals surface area (Å²) in [5.74, 6) is -0.322. The summed E-state index contributed by atoms with van der Waals surface area (Å²) in [5, 5.41) is 12.6. The van der Waals surface area contributed by atoms with Crippen LogP contribution in [0.25, 0.3) is 0 Å². The van der Waals surface area contributed by atoms with E-state index < -0.39 is 0 Å². The second-order valence-electron chi connectivity index (χ2n) is 5.43. The lowest BCUT2D eigenvalue weighted by Crippen LogP contribution is -2.43. The summed E-state index contributed by atoms with van der Waals surface area (Å²) >= 11 is 0. The number of carbonyl (C=O) groups is 1. The van der Waals surface area contributed by atoms with Gasteiger partial charge in [0.1, 0.15) is 11.6 Å². The Morgan fingerprint density at radius 3 is 3.10 bits per heavy atom. The van der Waals surface area contributed by atoms with Crippen molar-refractivity contribution in [2.75, 3.05) is 26.2 Å². The van der Waals surface area contributed by atoms with Crippen LogP contribution in [0.15, 0.2) is 18.2 Å². The lowest BCUT2D eigenvalue weighted by atomic mass is 9.96. The van der Waals surface area contributed by atoms with Crippen molar-refractivity contribution in [1.82, 2.24) is 10.2 Å². The molecule has 1 aromatic rings. The molecule has 0 saturated carbocycles. The van der Waals surface area contributed by atoms with Gasteiger partial charge in [0.2, 0.25) is 5.91 Å². The van der Waals surface area contributed by atoms with Gasteiger partial charge in [0.05, 0.1) is 5.92 Å². The summed E-state index contributed by atoms with van der Waals surface area (Å²) in [6.45, 7) is 2.83. The molecule has 21 heavy (non-hydrogen) atoms. The van der Waals surface area contributed by atoms with Crippen LogP contribution in [0.4, 0.5) is 4.39 Å². The molecule has 1 atom stereocenters. The van der Waals surface area contributed by atoms with E-state index in [1.54, 1.807) is 0 Å². The predicted octanol–water partition coefficient (Wildman–Crippen LogP) is 0.818. The fourth-order valence-electron chi connectivity index (χ4n) is 2.67. The molecule has 116 valence electrons. The number of benzene rings is 1. The highest BCUT2D eigenvalue weighted by atomic mass is 19.1. The number of hydrogen-bond acceptors (Lipinski definition) is 4. The third kappa shape index (κ3) is 4.41. The largest absolute Gasteiger partial charge is 0.508 e. The number of aromatic hydroxyl groups is 1. The predicted molar refractivity (Wildman–Crippen MR) is 78.1 cm³/mol. The number of halogens is 1. The van der Waals surface area contributed by atoms with Crippen molar-refractivity contribution in [3.63, 3.8) is 0 Å². The van der Waals surface area contributed by atoms with Gasteiger partial charge in [-0.05, 0) is 37.6 Å². The number of carbonyl (C=O) groups excluding carboxylic acids is 1. The number of piperidine rings is 1. The summed E-state index contributed by atoms with van der Waals surface area (Å²) in [4.78, 5) is 14.0. The maximum absolute atomic E-state index is 13.2. The van der Waals surface area contributed by atoms with Crippen LogP contribution in [-0.2, 0) is 11.3 Å². The molecule has 1 aliphatic rings. The normalized spacial score (nSPS) is 19.4. The smallest absolute Gasteiger partial charge is 0.224 e. The number of nitrogens with zero attached hydrogens (tertiary/aromatic N) is 1. The molecule has 0 spiro atoms. The monoisotopic (exact) mass is 295 g/mol. The van der Waals surface area contributed by atoms with Crippen molar-refractivity contribution in [2.45, 2.75) is 19.4 Å². The van der Waals surface area contributed by atoms with E-state index in [1.165, 1.54) is 18.2 Å². The molecule has 1 saturated heterocycles. The van der Waals surface area contributed by atoms with E-state index in [9.17, 15) is 14.3 Å². The average Bonchev–Trinajstić information content (AvgIpc) is 2.49. The third-order valence-corrected chi connectivity index (χ3v) is 3.76. The molecule has 4 N–H and O–H groups in total. The van der Waals surface area contributed by atoms with E-state index in [1.807, 2.05) is 0 Å². The summed E-state index contributed by atoms with van der Waals surface area (Å²) in [7, 11) is 0. The molecule has 1 amide bonds. The van der Waals surface area contributed by atoms with Gasteiger partial charge in [-0.3, -0.25) is 9.69 Å². The number of nitrogens with one attached hydrogen (secondary N) is 1. The highest BCUT2D eigenvalue weighted by molar-refractivity contribution is 5.78. The van der Waals surface area contributed by atoms with Crippen LogP contribution in [0.5, 0.6) is 5.75 Å². The Kier molecular flexibility index (Phi) is 5.52. The Hall–Kier alpha value is -1.66. The minimum Gasteiger partial charge on any atom is -0.508 e. The number of amides is 1. The molecule has 0 aliphatic carbocycles. The quantitative estimate of drug-likeness (QED) is 0.751. The molecule has 0 bridgehead atoms. The van der Waals surface area contributed by atoms with Crippen LogP contribution in [0.1, 0.15) is 18.4 Å². The third-order valence-electron chi connectivity index (χ3n) is 3.76. The van der Waals surface area contributed by atoms with E-state index in [0.29, 0.717) is 31.7 Å². The van der Waals surface area contributed by atoms with Crippen molar-refractivity contribution in [3.05, 3.63) is 29.6 Å². The van der Waals surface area contributed by atoms with Crippen LogP contribution >= 0.6 is 0 Å². The van der Waals surface area contributed by atoms with Crippen LogP contribution in [0.2, 0.25) is 0 Å². The lowest BCUT2D eigenvalue weighted by molar-refractivity contribution is -0.126. The van der Waals surface area contributed by atoms with Gasteiger partial charge in [0, 0.05) is 31.7 Å². The first kappa shape index (κ1) is 15.7. The Bertz CT molecular complexity index is 496. The first-order valence-corrected chi connectivity index (χ1v) is 7.27. The maximum Gasteiger partial charge on any atom is 0.224 e. The maximum atomic E-state index is 13.2. The second-order valence-corrected chi connectivity index (χ2v) is 5.43. The molecular formula is C15H22FN3O2. The molecule has 0 radical (unpaired) electrons. The van der Waals surface area contributed by atoms with Gasteiger partial charge in [0.25, 0.3) is 0 Å². The zero-order chi connectivity index (χ0) is 15.2. The first-order chi connectivity index (χ1) is 10.1. The molecule has 2 rings (SSSR count). The summed E-state index contributed by atoms with van der Waals surface area (Å²) < 4.78 is 13.2. The Balaban J connectivity index is 1.94. The molecule has 1 aromatic carbocycles. The van der Waals surface area contributed by atoms with Crippen LogP contribution in [0.3, 0.4) is 0 Å². The lowest BCUT2D eigenvalue weighted by Gasteiger charge is -2.32. The number of likely N-dealkylation sites (tertiary alicyclic amines) is 1. The highest BCUT2D eigenvalue weighted by Gasteiger charge is 2.25.